The van der Waals surface area contributed by atoms with Crippen LogP contribution in [0.2, 0.25) is 0 Å². The van der Waals surface area contributed by atoms with Crippen molar-refractivity contribution >= 4 is 22.7 Å². The SMILES string of the molecule is CCc1ccc(C(c2cc(C)cs2)N2CCNCC2)s1. The highest BCUT2D eigenvalue weighted by molar-refractivity contribution is 7.13. The van der Waals surface area contributed by atoms with Crippen LogP contribution in [0.5, 0.6) is 0 Å². The van der Waals surface area contributed by atoms with Crippen molar-refractivity contribution in [2.45, 2.75) is 26.3 Å². The van der Waals surface area contributed by atoms with E-state index in [4.69, 9.17) is 0 Å². The summed E-state index contributed by atoms with van der Waals surface area (Å²) < 4.78 is 0. The number of piperazine rings is 1. The van der Waals surface area contributed by atoms with Crippen LogP contribution in [0.1, 0.15) is 33.2 Å². The molecular formula is C16H22N2S2. The fourth-order valence-electron chi connectivity index (χ4n) is 2.77. The predicted octanol–water partition coefficient (Wildman–Crippen LogP) is 3.68. The Morgan fingerprint density at radius 2 is 2.05 bits per heavy atom. The summed E-state index contributed by atoms with van der Waals surface area (Å²) in [5.74, 6) is 0. The minimum atomic E-state index is 0.459. The molecule has 1 N–H and O–H groups in total. The molecule has 0 aromatic carbocycles. The van der Waals surface area contributed by atoms with Gasteiger partial charge in [0.05, 0.1) is 6.04 Å². The number of thiophene rings is 2. The van der Waals surface area contributed by atoms with E-state index in [0.29, 0.717) is 6.04 Å². The highest BCUT2D eigenvalue weighted by Crippen LogP contribution is 2.36. The molecular weight excluding hydrogens is 284 g/mol. The first-order valence-corrected chi connectivity index (χ1v) is 9.06. The molecule has 1 aliphatic rings. The quantitative estimate of drug-likeness (QED) is 0.927. The minimum Gasteiger partial charge on any atom is -0.314 e. The summed E-state index contributed by atoms with van der Waals surface area (Å²) in [6.45, 7) is 8.92. The van der Waals surface area contributed by atoms with Gasteiger partial charge in [0.25, 0.3) is 0 Å². The maximum atomic E-state index is 3.46. The first-order valence-electron chi connectivity index (χ1n) is 7.36. The Morgan fingerprint density at radius 1 is 1.25 bits per heavy atom. The molecule has 0 spiro atoms. The molecule has 0 bridgehead atoms. The molecule has 1 atom stereocenters. The van der Waals surface area contributed by atoms with E-state index in [2.05, 4.69) is 47.6 Å². The van der Waals surface area contributed by atoms with Gasteiger partial charge in [0.1, 0.15) is 0 Å². The number of aryl methyl sites for hydroxylation is 2. The van der Waals surface area contributed by atoms with Crippen molar-refractivity contribution in [1.29, 1.82) is 0 Å². The van der Waals surface area contributed by atoms with Crippen LogP contribution >= 0.6 is 22.7 Å². The Morgan fingerprint density at radius 3 is 2.65 bits per heavy atom. The average Bonchev–Trinajstić information content (AvgIpc) is 3.10. The second-order valence-corrected chi connectivity index (χ2v) is 7.52. The molecule has 0 aliphatic carbocycles. The highest BCUT2D eigenvalue weighted by atomic mass is 32.1. The molecule has 2 aromatic heterocycles. The molecule has 2 nitrogen and oxygen atoms in total. The van der Waals surface area contributed by atoms with E-state index in [0.717, 1.165) is 32.6 Å². The molecule has 20 heavy (non-hydrogen) atoms. The molecule has 3 heterocycles. The maximum absolute atomic E-state index is 3.46. The van der Waals surface area contributed by atoms with E-state index >= 15 is 0 Å². The minimum absolute atomic E-state index is 0.459. The van der Waals surface area contributed by atoms with Gasteiger partial charge in [-0.1, -0.05) is 6.92 Å². The highest BCUT2D eigenvalue weighted by Gasteiger charge is 2.26. The van der Waals surface area contributed by atoms with Gasteiger partial charge in [-0.2, -0.15) is 0 Å². The van der Waals surface area contributed by atoms with Gasteiger partial charge in [-0.25, -0.2) is 0 Å². The summed E-state index contributed by atoms with van der Waals surface area (Å²) in [7, 11) is 0. The first-order chi connectivity index (χ1) is 9.78. The van der Waals surface area contributed by atoms with Crippen molar-refractivity contribution in [1.82, 2.24) is 10.2 Å². The zero-order valence-corrected chi connectivity index (χ0v) is 13.8. The van der Waals surface area contributed by atoms with Crippen LogP contribution in [0.15, 0.2) is 23.6 Å². The average molecular weight is 307 g/mol. The maximum Gasteiger partial charge on any atom is 0.0790 e. The summed E-state index contributed by atoms with van der Waals surface area (Å²) in [5, 5.41) is 5.74. The van der Waals surface area contributed by atoms with Gasteiger partial charge < -0.3 is 5.32 Å². The number of nitrogens with zero attached hydrogens (tertiary/aromatic N) is 1. The summed E-state index contributed by atoms with van der Waals surface area (Å²) in [6.07, 6.45) is 1.14. The first kappa shape index (κ1) is 14.3. The van der Waals surface area contributed by atoms with Crippen molar-refractivity contribution in [3.05, 3.63) is 43.8 Å². The third-order valence-corrected chi connectivity index (χ3v) is 6.22. The monoisotopic (exact) mass is 306 g/mol. The number of nitrogens with one attached hydrogen (secondary N) is 1. The molecule has 1 fully saturated rings. The lowest BCUT2D eigenvalue weighted by molar-refractivity contribution is 0.203. The van der Waals surface area contributed by atoms with E-state index in [1.165, 1.54) is 20.2 Å². The van der Waals surface area contributed by atoms with Gasteiger partial charge in [-0.3, -0.25) is 4.90 Å². The van der Waals surface area contributed by atoms with Gasteiger partial charge in [0.2, 0.25) is 0 Å². The Kier molecular flexibility index (Phi) is 4.56. The molecule has 0 amide bonds. The molecule has 0 radical (unpaired) electrons. The van der Waals surface area contributed by atoms with Crippen molar-refractivity contribution in [2.75, 3.05) is 26.2 Å². The van der Waals surface area contributed by atoms with Crippen molar-refractivity contribution in [3.63, 3.8) is 0 Å². The molecule has 4 heteroatoms. The van der Waals surface area contributed by atoms with Crippen molar-refractivity contribution < 1.29 is 0 Å². The van der Waals surface area contributed by atoms with Gasteiger partial charge in [0, 0.05) is 40.8 Å². The Balaban J connectivity index is 1.93. The van der Waals surface area contributed by atoms with Crippen molar-refractivity contribution in [3.8, 4) is 0 Å². The lowest BCUT2D eigenvalue weighted by Gasteiger charge is -2.34. The molecule has 108 valence electrons. The Hall–Kier alpha value is -0.680. The fraction of sp³-hybridized carbons (Fsp3) is 0.500. The van der Waals surface area contributed by atoms with E-state index in [-0.39, 0.29) is 0 Å². The fourth-order valence-corrected chi connectivity index (χ4v) is 5.00. The van der Waals surface area contributed by atoms with Crippen LogP contribution < -0.4 is 5.32 Å². The normalized spacial score (nSPS) is 18.3. The summed E-state index contributed by atoms with van der Waals surface area (Å²) in [4.78, 5) is 7.13. The Labute approximate surface area is 129 Å². The third-order valence-electron chi connectivity index (χ3n) is 3.84. The van der Waals surface area contributed by atoms with E-state index < -0.39 is 0 Å². The number of rotatable bonds is 4. The Bertz CT molecular complexity index is 552. The van der Waals surface area contributed by atoms with Gasteiger partial charge >= 0.3 is 0 Å². The largest absolute Gasteiger partial charge is 0.314 e. The zero-order chi connectivity index (χ0) is 13.9. The summed E-state index contributed by atoms with van der Waals surface area (Å²) in [6, 6.07) is 7.46. The lowest BCUT2D eigenvalue weighted by Crippen LogP contribution is -2.45. The van der Waals surface area contributed by atoms with E-state index in [9.17, 15) is 0 Å². The molecule has 1 aliphatic heterocycles. The predicted molar refractivity (Wildman–Crippen MR) is 89.0 cm³/mol. The van der Waals surface area contributed by atoms with Crippen LogP contribution in [0.4, 0.5) is 0 Å². The number of hydrogen-bond acceptors (Lipinski definition) is 4. The van der Waals surface area contributed by atoms with Crippen molar-refractivity contribution in [2.24, 2.45) is 0 Å². The summed E-state index contributed by atoms with van der Waals surface area (Å²) in [5.41, 5.74) is 1.39. The molecule has 1 saturated heterocycles. The standard InChI is InChI=1S/C16H22N2S2/c1-3-13-4-5-14(20-13)16(15-10-12(2)11-19-15)18-8-6-17-7-9-18/h4-5,10-11,16-17H,3,6-9H2,1-2H3. The summed E-state index contributed by atoms with van der Waals surface area (Å²) >= 11 is 3.89. The van der Waals surface area contributed by atoms with Crippen LogP contribution in [-0.2, 0) is 6.42 Å². The number of hydrogen-bond donors (Lipinski definition) is 1. The lowest BCUT2D eigenvalue weighted by atomic mass is 10.1. The van der Waals surface area contributed by atoms with Crippen LogP contribution in [0, 0.1) is 6.92 Å². The molecule has 2 aromatic rings. The van der Waals surface area contributed by atoms with Crippen LogP contribution in [0.25, 0.3) is 0 Å². The molecule has 0 saturated carbocycles. The zero-order valence-electron chi connectivity index (χ0n) is 12.2. The second-order valence-electron chi connectivity index (χ2n) is 5.37. The third kappa shape index (κ3) is 2.98. The van der Waals surface area contributed by atoms with Crippen LogP contribution in [-0.4, -0.2) is 31.1 Å². The smallest absolute Gasteiger partial charge is 0.0790 e. The second kappa shape index (κ2) is 6.39. The molecule has 3 rings (SSSR count). The van der Waals surface area contributed by atoms with Crippen LogP contribution in [0.3, 0.4) is 0 Å². The van der Waals surface area contributed by atoms with Gasteiger partial charge in [-0.05, 0) is 42.5 Å². The van der Waals surface area contributed by atoms with Gasteiger partial charge in [-0.15, -0.1) is 22.7 Å². The van der Waals surface area contributed by atoms with E-state index in [1.54, 1.807) is 0 Å². The van der Waals surface area contributed by atoms with E-state index in [1.807, 2.05) is 22.7 Å². The topological polar surface area (TPSA) is 15.3 Å². The van der Waals surface area contributed by atoms with Gasteiger partial charge in [0.15, 0.2) is 0 Å². The molecule has 1 unspecified atom stereocenters.